The van der Waals surface area contributed by atoms with Crippen molar-refractivity contribution in [3.8, 4) is 0 Å². The van der Waals surface area contributed by atoms with Gasteiger partial charge in [-0.3, -0.25) is 14.5 Å². The van der Waals surface area contributed by atoms with E-state index in [2.05, 4.69) is 15.6 Å². The Kier molecular flexibility index (Phi) is 7.29. The lowest BCUT2D eigenvalue weighted by atomic mass is 10.1. The smallest absolute Gasteiger partial charge is 0.381 e. The van der Waals surface area contributed by atoms with E-state index in [1.54, 1.807) is 4.90 Å². The van der Waals surface area contributed by atoms with E-state index in [4.69, 9.17) is 4.74 Å². The van der Waals surface area contributed by atoms with E-state index in [1.165, 1.54) is 12.4 Å². The Morgan fingerprint density at radius 1 is 1.21 bits per heavy atom. The number of carbonyl (C=O) groups is 2. The lowest BCUT2D eigenvalue weighted by Crippen LogP contribution is -2.55. The van der Waals surface area contributed by atoms with E-state index in [-0.39, 0.29) is 39.6 Å². The molecule has 2 aliphatic rings. The Bertz CT molecular complexity index is 1050. The molecule has 0 aromatic carbocycles. The zero-order valence-corrected chi connectivity index (χ0v) is 19.9. The predicted molar refractivity (Wildman–Crippen MR) is 123 cm³/mol. The number of aromatic nitrogens is 1. The Hall–Kier alpha value is -2.44. The topological polar surface area (TPSA) is 86.8 Å². The van der Waals surface area contributed by atoms with Crippen LogP contribution in [0.1, 0.15) is 35.7 Å². The molecule has 2 fully saturated rings. The van der Waals surface area contributed by atoms with E-state index in [1.807, 2.05) is 11.8 Å². The van der Waals surface area contributed by atoms with Gasteiger partial charge in [0.25, 0.3) is 5.91 Å². The van der Waals surface area contributed by atoms with Crippen LogP contribution in [0.5, 0.6) is 0 Å². The van der Waals surface area contributed by atoms with Gasteiger partial charge in [-0.2, -0.15) is 13.2 Å². The van der Waals surface area contributed by atoms with Crippen LogP contribution in [0.3, 0.4) is 0 Å². The largest absolute Gasteiger partial charge is 0.417 e. The fraction of sp³-hybridized carbons (Fsp3) is 0.591. The van der Waals surface area contributed by atoms with Gasteiger partial charge in [0.1, 0.15) is 5.82 Å². The van der Waals surface area contributed by atoms with Crippen LogP contribution in [0.15, 0.2) is 11.4 Å². The standard InChI is InChI=1S/C22H28F3N5O3S/c1-13(20(31)27-14-3-9-33-10-4-14)29-5-7-30(8-6-29)17-11-16(22(23,24)25)19-18(28-17)15(12-34-19)21(32)26-2/h11-14H,3-10H2,1-2H3,(H,26,32)(H,27,31). The van der Waals surface area contributed by atoms with E-state index in [9.17, 15) is 22.8 Å². The molecule has 4 heterocycles. The number of carbonyl (C=O) groups excluding carboxylic acids is 2. The van der Waals surface area contributed by atoms with Crippen LogP contribution in [-0.2, 0) is 15.7 Å². The van der Waals surface area contributed by atoms with Crippen LogP contribution in [0, 0.1) is 0 Å². The van der Waals surface area contributed by atoms with Crippen LogP contribution in [-0.4, -0.2) is 80.2 Å². The molecule has 1 atom stereocenters. The number of piperazine rings is 1. The van der Waals surface area contributed by atoms with Crippen molar-refractivity contribution >= 4 is 39.2 Å². The molecule has 1 unspecified atom stereocenters. The first-order valence-electron chi connectivity index (χ1n) is 11.3. The van der Waals surface area contributed by atoms with Gasteiger partial charge in [0, 0.05) is 57.9 Å². The number of alkyl halides is 3. The minimum atomic E-state index is -4.57. The van der Waals surface area contributed by atoms with Crippen molar-refractivity contribution in [2.45, 2.75) is 38.0 Å². The molecule has 0 bridgehead atoms. The lowest BCUT2D eigenvalue weighted by Gasteiger charge is -2.38. The summed E-state index contributed by atoms with van der Waals surface area (Å²) >= 11 is 0.866. The van der Waals surface area contributed by atoms with Gasteiger partial charge in [-0.15, -0.1) is 11.3 Å². The molecule has 2 aromatic heterocycles. The highest BCUT2D eigenvalue weighted by molar-refractivity contribution is 7.17. The Morgan fingerprint density at radius 2 is 1.88 bits per heavy atom. The third-order valence-corrected chi connectivity index (χ3v) is 7.42. The summed E-state index contributed by atoms with van der Waals surface area (Å²) < 4.78 is 46.7. The summed E-state index contributed by atoms with van der Waals surface area (Å²) in [6.07, 6.45) is -2.98. The third kappa shape index (κ3) is 5.13. The zero-order chi connectivity index (χ0) is 24.5. The van der Waals surface area contributed by atoms with Gasteiger partial charge < -0.3 is 20.3 Å². The summed E-state index contributed by atoms with van der Waals surface area (Å²) in [7, 11) is 1.43. The normalized spacial score (nSPS) is 19.3. The average molecular weight is 500 g/mol. The summed E-state index contributed by atoms with van der Waals surface area (Å²) in [6, 6.07) is 0.827. The van der Waals surface area contributed by atoms with Crippen LogP contribution in [0.2, 0.25) is 0 Å². The highest BCUT2D eigenvalue weighted by Crippen LogP contribution is 2.40. The molecule has 4 rings (SSSR count). The number of halogens is 3. The van der Waals surface area contributed by atoms with Gasteiger partial charge in [0.05, 0.1) is 27.4 Å². The Balaban J connectivity index is 1.49. The Morgan fingerprint density at radius 3 is 2.50 bits per heavy atom. The maximum Gasteiger partial charge on any atom is 0.417 e. The minimum Gasteiger partial charge on any atom is -0.381 e. The molecule has 12 heteroatoms. The fourth-order valence-electron chi connectivity index (χ4n) is 4.33. The van der Waals surface area contributed by atoms with Gasteiger partial charge in [-0.25, -0.2) is 4.98 Å². The summed E-state index contributed by atoms with van der Waals surface area (Å²) in [5, 5.41) is 6.94. The highest BCUT2D eigenvalue weighted by Gasteiger charge is 2.36. The molecule has 2 aliphatic heterocycles. The van der Waals surface area contributed by atoms with Crippen molar-refractivity contribution in [1.29, 1.82) is 0 Å². The van der Waals surface area contributed by atoms with Gasteiger partial charge >= 0.3 is 6.18 Å². The maximum atomic E-state index is 13.8. The molecule has 0 radical (unpaired) electrons. The van der Waals surface area contributed by atoms with Crippen molar-refractivity contribution in [3.05, 3.63) is 22.6 Å². The quantitative estimate of drug-likeness (QED) is 0.658. The Labute approximate surface area is 199 Å². The first kappa shape index (κ1) is 24.7. The predicted octanol–water partition coefficient (Wildman–Crippen LogP) is 2.48. The van der Waals surface area contributed by atoms with Crippen molar-refractivity contribution in [2.75, 3.05) is 51.3 Å². The molecule has 0 saturated carbocycles. The monoisotopic (exact) mass is 499 g/mol. The molecule has 2 aromatic rings. The molecule has 186 valence electrons. The molecule has 0 aliphatic carbocycles. The number of hydrogen-bond acceptors (Lipinski definition) is 7. The number of hydrogen-bond donors (Lipinski definition) is 2. The number of nitrogens with one attached hydrogen (secondary N) is 2. The first-order chi connectivity index (χ1) is 16.2. The third-order valence-electron chi connectivity index (χ3n) is 6.42. The van der Waals surface area contributed by atoms with E-state index in [0.717, 1.165) is 30.2 Å². The number of fused-ring (bicyclic) bond motifs is 1. The number of anilines is 1. The number of ether oxygens (including phenoxy) is 1. The number of rotatable bonds is 5. The van der Waals surface area contributed by atoms with E-state index < -0.39 is 17.6 Å². The number of amides is 2. The lowest BCUT2D eigenvalue weighted by molar-refractivity contribution is -0.136. The second kappa shape index (κ2) is 10.0. The van der Waals surface area contributed by atoms with Gasteiger partial charge in [-0.05, 0) is 25.8 Å². The molecule has 0 spiro atoms. The SMILES string of the molecule is CNC(=O)c1csc2c(C(F)(F)F)cc(N3CCN(C(C)C(=O)NC4CCOCC4)CC3)nc12. The summed E-state index contributed by atoms with van der Waals surface area (Å²) in [5.74, 6) is -0.340. The molecule has 8 nitrogen and oxygen atoms in total. The van der Waals surface area contributed by atoms with Crippen LogP contribution in [0.4, 0.5) is 19.0 Å². The number of pyridine rings is 1. The molecular weight excluding hydrogens is 471 g/mol. The van der Waals surface area contributed by atoms with Gasteiger partial charge in [0.15, 0.2) is 0 Å². The molecule has 2 saturated heterocycles. The average Bonchev–Trinajstić information content (AvgIpc) is 3.26. The second-order valence-corrected chi connectivity index (χ2v) is 9.41. The molecular formula is C22H28F3N5O3S. The minimum absolute atomic E-state index is 0.0484. The highest BCUT2D eigenvalue weighted by atomic mass is 32.1. The van der Waals surface area contributed by atoms with E-state index in [0.29, 0.717) is 39.4 Å². The van der Waals surface area contributed by atoms with Crippen molar-refractivity contribution in [3.63, 3.8) is 0 Å². The molecule has 2 N–H and O–H groups in total. The number of nitrogens with zero attached hydrogens (tertiary/aromatic N) is 3. The van der Waals surface area contributed by atoms with Crippen molar-refractivity contribution in [1.82, 2.24) is 20.5 Å². The molecule has 2 amide bonds. The van der Waals surface area contributed by atoms with Crippen molar-refractivity contribution < 1.29 is 27.5 Å². The van der Waals surface area contributed by atoms with Crippen LogP contribution in [0.25, 0.3) is 10.2 Å². The molecule has 34 heavy (non-hydrogen) atoms. The van der Waals surface area contributed by atoms with Crippen LogP contribution < -0.4 is 15.5 Å². The van der Waals surface area contributed by atoms with Gasteiger partial charge in [-0.1, -0.05) is 0 Å². The number of thiophene rings is 1. The summed E-state index contributed by atoms with van der Waals surface area (Å²) in [6.45, 7) is 4.98. The van der Waals surface area contributed by atoms with E-state index >= 15 is 0 Å². The second-order valence-electron chi connectivity index (χ2n) is 8.53. The summed E-state index contributed by atoms with van der Waals surface area (Å²) in [4.78, 5) is 33.1. The maximum absolute atomic E-state index is 13.8. The fourth-order valence-corrected chi connectivity index (χ4v) is 5.35. The van der Waals surface area contributed by atoms with Crippen molar-refractivity contribution in [2.24, 2.45) is 0 Å². The zero-order valence-electron chi connectivity index (χ0n) is 19.1. The van der Waals surface area contributed by atoms with Gasteiger partial charge in [0.2, 0.25) is 5.91 Å². The summed E-state index contributed by atoms with van der Waals surface area (Å²) in [5.41, 5.74) is -0.605. The first-order valence-corrected chi connectivity index (χ1v) is 12.2. The van der Waals surface area contributed by atoms with Crippen LogP contribution >= 0.6 is 11.3 Å².